The van der Waals surface area contributed by atoms with Crippen molar-refractivity contribution in [1.82, 2.24) is 14.4 Å². The highest BCUT2D eigenvalue weighted by Crippen LogP contribution is 2.16. The number of nitrogens with zero attached hydrogens (tertiary/aromatic N) is 3. The molecule has 0 radical (unpaired) electrons. The average Bonchev–Trinajstić information content (AvgIpc) is 2.87. The zero-order chi connectivity index (χ0) is 13.5. The number of rotatable bonds is 8. The summed E-state index contributed by atoms with van der Waals surface area (Å²) in [6, 6.07) is 0. The zero-order valence-corrected chi connectivity index (χ0v) is 11.5. The number of nitrogens with one attached hydrogen (secondary N) is 2. The molecule has 0 spiro atoms. The van der Waals surface area contributed by atoms with Crippen LogP contribution in [0.15, 0.2) is 18.6 Å². The molecule has 0 aliphatic carbocycles. The van der Waals surface area contributed by atoms with E-state index in [0.29, 0.717) is 0 Å². The first-order valence-corrected chi connectivity index (χ1v) is 6.65. The van der Waals surface area contributed by atoms with Crippen LogP contribution in [0.25, 0.3) is 5.65 Å². The molecule has 0 bridgehead atoms. The quantitative estimate of drug-likeness (QED) is 0.713. The van der Waals surface area contributed by atoms with E-state index in [9.17, 15) is 0 Å². The Balaban J connectivity index is 2.04. The fourth-order valence-corrected chi connectivity index (χ4v) is 1.89. The van der Waals surface area contributed by atoms with Gasteiger partial charge in [-0.2, -0.15) is 0 Å². The number of anilines is 2. The van der Waals surface area contributed by atoms with E-state index >= 15 is 0 Å². The largest absolute Gasteiger partial charge is 0.385 e. The van der Waals surface area contributed by atoms with Crippen LogP contribution >= 0.6 is 0 Å². The average molecular weight is 263 g/mol. The van der Waals surface area contributed by atoms with Crippen LogP contribution in [-0.4, -0.2) is 41.2 Å². The molecule has 6 nitrogen and oxygen atoms in total. The van der Waals surface area contributed by atoms with Gasteiger partial charge in [-0.05, 0) is 19.8 Å². The highest BCUT2D eigenvalue weighted by molar-refractivity contribution is 5.65. The van der Waals surface area contributed by atoms with Gasteiger partial charge in [0, 0.05) is 39.2 Å². The van der Waals surface area contributed by atoms with E-state index in [2.05, 4.69) is 27.5 Å². The van der Waals surface area contributed by atoms with E-state index in [1.807, 2.05) is 16.8 Å². The summed E-state index contributed by atoms with van der Waals surface area (Å²) in [7, 11) is 1.73. The molecule has 0 saturated carbocycles. The van der Waals surface area contributed by atoms with Crippen LogP contribution in [0.3, 0.4) is 0 Å². The minimum atomic E-state index is 0.797. The highest BCUT2D eigenvalue weighted by Gasteiger charge is 2.06. The third-order valence-corrected chi connectivity index (χ3v) is 2.80. The van der Waals surface area contributed by atoms with Gasteiger partial charge in [-0.1, -0.05) is 0 Å². The maximum absolute atomic E-state index is 5.03. The molecule has 0 aromatic carbocycles. The van der Waals surface area contributed by atoms with Crippen molar-refractivity contribution in [3.63, 3.8) is 0 Å². The summed E-state index contributed by atoms with van der Waals surface area (Å²) in [5, 5.41) is 6.56. The van der Waals surface area contributed by atoms with E-state index in [-0.39, 0.29) is 0 Å². The Morgan fingerprint density at radius 1 is 1.32 bits per heavy atom. The summed E-state index contributed by atoms with van der Waals surface area (Å²) in [5.41, 5.74) is 0.855. The third kappa shape index (κ3) is 3.57. The summed E-state index contributed by atoms with van der Waals surface area (Å²) in [5.74, 6) is 1.67. The fraction of sp³-hybridized carbons (Fsp3) is 0.538. The molecule has 0 saturated heterocycles. The number of hydrogen-bond acceptors (Lipinski definition) is 5. The first-order chi connectivity index (χ1) is 9.35. The van der Waals surface area contributed by atoms with Crippen molar-refractivity contribution in [2.45, 2.75) is 19.8 Å². The van der Waals surface area contributed by atoms with Crippen molar-refractivity contribution < 1.29 is 4.74 Å². The maximum Gasteiger partial charge on any atom is 0.180 e. The first kappa shape index (κ1) is 13.6. The number of ether oxygens (including phenoxy) is 1. The van der Waals surface area contributed by atoms with Crippen LogP contribution in [0.4, 0.5) is 11.6 Å². The summed E-state index contributed by atoms with van der Waals surface area (Å²) < 4.78 is 7.01. The van der Waals surface area contributed by atoms with Gasteiger partial charge in [-0.15, -0.1) is 0 Å². The highest BCUT2D eigenvalue weighted by atomic mass is 16.5. The van der Waals surface area contributed by atoms with Crippen LogP contribution in [0, 0.1) is 0 Å². The lowest BCUT2D eigenvalue weighted by molar-refractivity contribution is 0.194. The van der Waals surface area contributed by atoms with Gasteiger partial charge in [0.05, 0.1) is 6.20 Å². The number of fused-ring (bicyclic) bond motifs is 1. The Labute approximate surface area is 113 Å². The number of aromatic nitrogens is 3. The summed E-state index contributed by atoms with van der Waals surface area (Å²) in [6.07, 6.45) is 7.74. The zero-order valence-electron chi connectivity index (χ0n) is 11.5. The van der Waals surface area contributed by atoms with Crippen LogP contribution in [0.1, 0.15) is 19.8 Å². The molecule has 0 aliphatic heterocycles. The molecule has 6 heteroatoms. The fourth-order valence-electron chi connectivity index (χ4n) is 1.89. The van der Waals surface area contributed by atoms with E-state index in [4.69, 9.17) is 4.74 Å². The lowest BCUT2D eigenvalue weighted by Gasteiger charge is -2.10. The molecular weight excluding hydrogens is 242 g/mol. The SMILES string of the molecule is CCNc1cn2ccnc2c(NCCCCOC)n1. The van der Waals surface area contributed by atoms with Crippen molar-refractivity contribution in [2.75, 3.05) is 37.4 Å². The first-order valence-electron chi connectivity index (χ1n) is 6.65. The summed E-state index contributed by atoms with van der Waals surface area (Å²) >= 11 is 0. The number of hydrogen-bond donors (Lipinski definition) is 2. The molecule has 2 aromatic heterocycles. The lowest BCUT2D eigenvalue weighted by atomic mass is 10.3. The van der Waals surface area contributed by atoms with Crippen LogP contribution < -0.4 is 10.6 Å². The minimum Gasteiger partial charge on any atom is -0.385 e. The van der Waals surface area contributed by atoms with Gasteiger partial charge >= 0.3 is 0 Å². The van der Waals surface area contributed by atoms with Crippen molar-refractivity contribution in [3.8, 4) is 0 Å². The summed E-state index contributed by atoms with van der Waals surface area (Å²) in [4.78, 5) is 8.86. The number of methoxy groups -OCH3 is 1. The smallest absolute Gasteiger partial charge is 0.180 e. The molecule has 2 heterocycles. The Bertz CT molecular complexity index is 511. The van der Waals surface area contributed by atoms with Gasteiger partial charge in [0.1, 0.15) is 5.82 Å². The molecule has 0 fully saturated rings. The summed E-state index contributed by atoms with van der Waals surface area (Å²) in [6.45, 7) is 4.57. The lowest BCUT2D eigenvalue weighted by Crippen LogP contribution is -2.09. The molecule has 2 rings (SSSR count). The Kier molecular flexibility index (Phi) is 4.97. The standard InChI is InChI=1S/C13H21N5O/c1-3-14-11-10-18-8-7-16-13(18)12(17-11)15-6-4-5-9-19-2/h7-8,10,14H,3-6,9H2,1-2H3,(H,15,17). The second kappa shape index (κ2) is 6.94. The van der Waals surface area contributed by atoms with Gasteiger partial charge < -0.3 is 19.8 Å². The van der Waals surface area contributed by atoms with Crippen LogP contribution in [0.5, 0.6) is 0 Å². The minimum absolute atomic E-state index is 0.797. The molecule has 0 unspecified atom stereocenters. The Hall–Kier alpha value is -1.82. The predicted octanol–water partition coefficient (Wildman–Crippen LogP) is 2.00. The number of imidazole rings is 1. The van der Waals surface area contributed by atoms with Crippen molar-refractivity contribution in [1.29, 1.82) is 0 Å². The van der Waals surface area contributed by atoms with Crippen LogP contribution in [0.2, 0.25) is 0 Å². The van der Waals surface area contributed by atoms with Gasteiger partial charge in [-0.25, -0.2) is 9.97 Å². The molecule has 2 aromatic rings. The van der Waals surface area contributed by atoms with Crippen molar-refractivity contribution in [2.24, 2.45) is 0 Å². The van der Waals surface area contributed by atoms with Gasteiger partial charge in [0.25, 0.3) is 0 Å². The van der Waals surface area contributed by atoms with Gasteiger partial charge in [0.2, 0.25) is 0 Å². The molecular formula is C13H21N5O. The Morgan fingerprint density at radius 3 is 3.00 bits per heavy atom. The third-order valence-electron chi connectivity index (χ3n) is 2.80. The molecule has 0 aliphatic rings. The van der Waals surface area contributed by atoms with Crippen molar-refractivity contribution >= 4 is 17.3 Å². The Morgan fingerprint density at radius 2 is 2.21 bits per heavy atom. The van der Waals surface area contributed by atoms with Gasteiger partial charge in [-0.3, -0.25) is 0 Å². The second-order valence-electron chi connectivity index (χ2n) is 4.29. The van der Waals surface area contributed by atoms with E-state index < -0.39 is 0 Å². The molecule has 104 valence electrons. The maximum atomic E-state index is 5.03. The molecule has 0 atom stereocenters. The topological polar surface area (TPSA) is 63.5 Å². The van der Waals surface area contributed by atoms with E-state index in [1.165, 1.54) is 0 Å². The molecule has 19 heavy (non-hydrogen) atoms. The predicted molar refractivity (Wildman–Crippen MR) is 76.8 cm³/mol. The van der Waals surface area contributed by atoms with Crippen molar-refractivity contribution in [3.05, 3.63) is 18.6 Å². The molecule has 0 amide bonds. The molecule has 2 N–H and O–H groups in total. The van der Waals surface area contributed by atoms with E-state index in [0.717, 1.165) is 49.8 Å². The monoisotopic (exact) mass is 263 g/mol. The second-order valence-corrected chi connectivity index (χ2v) is 4.29. The van der Waals surface area contributed by atoms with Gasteiger partial charge in [0.15, 0.2) is 11.5 Å². The van der Waals surface area contributed by atoms with E-state index in [1.54, 1.807) is 13.3 Å². The van der Waals surface area contributed by atoms with Crippen LogP contribution in [-0.2, 0) is 4.74 Å². The normalized spacial score (nSPS) is 10.8. The number of unbranched alkanes of at least 4 members (excludes halogenated alkanes) is 1.